The van der Waals surface area contributed by atoms with Crippen LogP contribution in [0.2, 0.25) is 0 Å². The van der Waals surface area contributed by atoms with Gasteiger partial charge in [0.25, 0.3) is 5.91 Å². The van der Waals surface area contributed by atoms with Crippen LogP contribution in [-0.2, 0) is 22.3 Å². The van der Waals surface area contributed by atoms with Gasteiger partial charge in [0.1, 0.15) is 6.04 Å². The van der Waals surface area contributed by atoms with E-state index in [4.69, 9.17) is 4.74 Å². The molecule has 1 aliphatic heterocycles. The summed E-state index contributed by atoms with van der Waals surface area (Å²) in [5.74, 6) is -0.725. The van der Waals surface area contributed by atoms with E-state index >= 15 is 0 Å². The molecule has 1 atom stereocenters. The standard InChI is InChI=1S/C26H22F3N3O4/c1-15(24(34)36-2)32-14-18-12-17(8-11-22(18)23(32)33)16-6-9-20(10-7-16)30-25(35)31-21-5-3-4-19(13-21)26(27,28)29/h3-13,15H,14H2,1-2H3,(H2,30,31,35). The van der Waals surface area contributed by atoms with Gasteiger partial charge in [0, 0.05) is 23.5 Å². The Kier molecular flexibility index (Phi) is 6.69. The lowest BCUT2D eigenvalue weighted by Crippen LogP contribution is -2.39. The van der Waals surface area contributed by atoms with Gasteiger partial charge in [0.2, 0.25) is 0 Å². The zero-order valence-corrected chi connectivity index (χ0v) is 19.3. The molecular formula is C26H22F3N3O4. The van der Waals surface area contributed by atoms with E-state index in [2.05, 4.69) is 10.6 Å². The lowest BCUT2D eigenvalue weighted by atomic mass is 10.0. The molecule has 1 aliphatic rings. The summed E-state index contributed by atoms with van der Waals surface area (Å²) in [7, 11) is 1.28. The number of rotatable bonds is 5. The van der Waals surface area contributed by atoms with E-state index < -0.39 is 29.8 Å². The maximum absolute atomic E-state index is 12.9. The number of halogens is 3. The molecule has 1 heterocycles. The van der Waals surface area contributed by atoms with E-state index in [-0.39, 0.29) is 18.1 Å². The summed E-state index contributed by atoms with van der Waals surface area (Å²) >= 11 is 0. The molecule has 3 amide bonds. The van der Waals surface area contributed by atoms with Crippen molar-refractivity contribution >= 4 is 29.3 Å². The number of fused-ring (bicyclic) bond motifs is 1. The van der Waals surface area contributed by atoms with Crippen molar-refractivity contribution in [2.24, 2.45) is 0 Å². The molecule has 36 heavy (non-hydrogen) atoms. The zero-order valence-electron chi connectivity index (χ0n) is 19.3. The highest BCUT2D eigenvalue weighted by molar-refractivity contribution is 6.01. The summed E-state index contributed by atoms with van der Waals surface area (Å²) in [5, 5.41) is 4.97. The highest BCUT2D eigenvalue weighted by atomic mass is 19.4. The Labute approximate surface area is 204 Å². The van der Waals surface area contributed by atoms with Gasteiger partial charge < -0.3 is 20.3 Å². The summed E-state index contributed by atoms with van der Waals surface area (Å²) in [5.41, 5.74) is 2.58. The third kappa shape index (κ3) is 5.17. The van der Waals surface area contributed by atoms with Gasteiger partial charge in [-0.25, -0.2) is 9.59 Å². The number of carbonyl (C=O) groups is 3. The Morgan fingerprint density at radius 1 is 0.944 bits per heavy atom. The maximum atomic E-state index is 12.9. The van der Waals surface area contributed by atoms with E-state index in [1.54, 1.807) is 43.3 Å². The smallest absolute Gasteiger partial charge is 0.416 e. The molecule has 0 radical (unpaired) electrons. The molecule has 0 fully saturated rings. The molecule has 0 bridgehead atoms. The third-order valence-electron chi connectivity index (χ3n) is 5.87. The quantitative estimate of drug-likeness (QED) is 0.454. The predicted octanol–water partition coefficient (Wildman–Crippen LogP) is 5.53. The van der Waals surface area contributed by atoms with Crippen molar-refractivity contribution < 1.29 is 32.3 Å². The molecule has 4 rings (SSSR count). The van der Waals surface area contributed by atoms with Gasteiger partial charge in [-0.3, -0.25) is 4.79 Å². The van der Waals surface area contributed by atoms with Crippen molar-refractivity contribution in [3.05, 3.63) is 83.4 Å². The molecule has 0 aromatic heterocycles. The fraction of sp³-hybridized carbons (Fsp3) is 0.192. The molecule has 1 unspecified atom stereocenters. The van der Waals surface area contributed by atoms with Crippen LogP contribution in [0.5, 0.6) is 0 Å². The van der Waals surface area contributed by atoms with Gasteiger partial charge in [0.05, 0.1) is 12.7 Å². The molecule has 2 N–H and O–H groups in total. The first-order chi connectivity index (χ1) is 17.1. The van der Waals surface area contributed by atoms with Crippen molar-refractivity contribution in [1.29, 1.82) is 0 Å². The average Bonchev–Trinajstić information content (AvgIpc) is 3.18. The molecular weight excluding hydrogens is 475 g/mol. The number of amides is 3. The number of benzene rings is 3. The SMILES string of the molecule is COC(=O)C(C)N1Cc2cc(-c3ccc(NC(=O)Nc4cccc(C(F)(F)F)c4)cc3)ccc2C1=O. The number of alkyl halides is 3. The minimum Gasteiger partial charge on any atom is -0.467 e. The summed E-state index contributed by atoms with van der Waals surface area (Å²) in [6.07, 6.45) is -4.51. The second-order valence-electron chi connectivity index (χ2n) is 8.24. The monoisotopic (exact) mass is 497 g/mol. The van der Waals surface area contributed by atoms with E-state index in [1.165, 1.54) is 24.1 Å². The lowest BCUT2D eigenvalue weighted by Gasteiger charge is -2.21. The predicted molar refractivity (Wildman–Crippen MR) is 127 cm³/mol. The van der Waals surface area contributed by atoms with Crippen LogP contribution in [0.4, 0.5) is 29.3 Å². The molecule has 7 nitrogen and oxygen atoms in total. The lowest BCUT2D eigenvalue weighted by molar-refractivity contribution is -0.145. The molecule has 10 heteroatoms. The Morgan fingerprint density at radius 2 is 1.61 bits per heavy atom. The summed E-state index contributed by atoms with van der Waals surface area (Å²) in [4.78, 5) is 38.2. The van der Waals surface area contributed by atoms with Gasteiger partial charge in [-0.15, -0.1) is 0 Å². The molecule has 0 saturated carbocycles. The Hall–Kier alpha value is -4.34. The maximum Gasteiger partial charge on any atom is 0.416 e. The van der Waals surface area contributed by atoms with Crippen LogP contribution in [0, 0.1) is 0 Å². The van der Waals surface area contributed by atoms with Gasteiger partial charge in [-0.05, 0) is 66.1 Å². The van der Waals surface area contributed by atoms with Crippen molar-refractivity contribution in [2.45, 2.75) is 25.7 Å². The van der Waals surface area contributed by atoms with E-state index in [9.17, 15) is 27.6 Å². The summed E-state index contributed by atoms with van der Waals surface area (Å²) < 4.78 is 43.3. The van der Waals surface area contributed by atoms with Gasteiger partial charge >= 0.3 is 18.2 Å². The summed E-state index contributed by atoms with van der Waals surface area (Å²) in [6.45, 7) is 1.90. The van der Waals surface area contributed by atoms with Gasteiger partial charge in [0.15, 0.2) is 0 Å². The number of carbonyl (C=O) groups excluding carboxylic acids is 3. The van der Waals surface area contributed by atoms with Crippen molar-refractivity contribution in [1.82, 2.24) is 4.90 Å². The molecule has 3 aromatic rings. The van der Waals surface area contributed by atoms with Gasteiger partial charge in [-0.1, -0.05) is 24.3 Å². The highest BCUT2D eigenvalue weighted by Crippen LogP contribution is 2.32. The normalized spacial score (nSPS) is 13.7. The van der Waals surface area contributed by atoms with Crippen LogP contribution in [0.1, 0.15) is 28.4 Å². The number of ether oxygens (including phenoxy) is 1. The van der Waals surface area contributed by atoms with Gasteiger partial charge in [-0.2, -0.15) is 13.2 Å². The number of hydrogen-bond donors (Lipinski definition) is 2. The van der Waals surface area contributed by atoms with Crippen LogP contribution < -0.4 is 10.6 Å². The largest absolute Gasteiger partial charge is 0.467 e. The first-order valence-corrected chi connectivity index (χ1v) is 10.9. The Balaban J connectivity index is 1.43. The molecule has 186 valence electrons. The van der Waals surface area contributed by atoms with Crippen LogP contribution in [0.15, 0.2) is 66.7 Å². The Bertz CT molecular complexity index is 1320. The number of hydrogen-bond acceptors (Lipinski definition) is 4. The van der Waals surface area contributed by atoms with Crippen LogP contribution in [0.3, 0.4) is 0 Å². The van der Waals surface area contributed by atoms with E-state index in [0.29, 0.717) is 11.3 Å². The average molecular weight is 497 g/mol. The van der Waals surface area contributed by atoms with Crippen LogP contribution in [0.25, 0.3) is 11.1 Å². The number of methoxy groups -OCH3 is 1. The number of esters is 1. The molecule has 0 spiro atoms. The zero-order chi connectivity index (χ0) is 26.0. The van der Waals surface area contributed by atoms with E-state index in [0.717, 1.165) is 28.8 Å². The van der Waals surface area contributed by atoms with Crippen molar-refractivity contribution in [3.63, 3.8) is 0 Å². The van der Waals surface area contributed by atoms with Crippen LogP contribution >= 0.6 is 0 Å². The minimum atomic E-state index is -4.51. The fourth-order valence-corrected chi connectivity index (χ4v) is 3.95. The first-order valence-electron chi connectivity index (χ1n) is 10.9. The second-order valence-corrected chi connectivity index (χ2v) is 8.24. The topological polar surface area (TPSA) is 87.7 Å². The summed E-state index contributed by atoms with van der Waals surface area (Å²) in [6, 6.07) is 15.2. The fourth-order valence-electron chi connectivity index (χ4n) is 3.95. The van der Waals surface area contributed by atoms with E-state index in [1.807, 2.05) is 6.07 Å². The third-order valence-corrected chi connectivity index (χ3v) is 5.87. The van der Waals surface area contributed by atoms with Crippen LogP contribution in [-0.4, -0.2) is 36.0 Å². The number of nitrogens with one attached hydrogen (secondary N) is 2. The minimum absolute atomic E-state index is 0.0159. The van der Waals surface area contributed by atoms with Crippen molar-refractivity contribution in [3.8, 4) is 11.1 Å². The number of nitrogens with zero attached hydrogens (tertiary/aromatic N) is 1. The van der Waals surface area contributed by atoms with Crippen molar-refractivity contribution in [2.75, 3.05) is 17.7 Å². The molecule has 3 aromatic carbocycles. The molecule has 0 saturated heterocycles. The number of anilines is 2. The Morgan fingerprint density at radius 3 is 2.28 bits per heavy atom. The molecule has 0 aliphatic carbocycles. The number of urea groups is 1. The second kappa shape index (κ2) is 9.73. The highest BCUT2D eigenvalue weighted by Gasteiger charge is 2.34. The first kappa shape index (κ1) is 24.8.